The summed E-state index contributed by atoms with van der Waals surface area (Å²) in [5.41, 5.74) is 1.68. The van der Waals surface area contributed by atoms with E-state index in [9.17, 15) is 9.18 Å². The number of aryl methyl sites for hydroxylation is 1. The summed E-state index contributed by atoms with van der Waals surface area (Å²) in [6.07, 6.45) is 0. The van der Waals surface area contributed by atoms with E-state index in [-0.39, 0.29) is 17.8 Å². The molecule has 1 aromatic heterocycles. The largest absolute Gasteiger partial charge is 0.349 e. The molecule has 0 saturated heterocycles. The summed E-state index contributed by atoms with van der Waals surface area (Å²) in [4.78, 5) is 13.4. The molecule has 2 rings (SSSR count). The predicted molar refractivity (Wildman–Crippen MR) is 77.1 cm³/mol. The average Bonchev–Trinajstić information content (AvgIpc) is 2.75. The van der Waals surface area contributed by atoms with Crippen molar-refractivity contribution in [3.05, 3.63) is 46.6 Å². The zero-order valence-electron chi connectivity index (χ0n) is 11.2. The van der Waals surface area contributed by atoms with Gasteiger partial charge in [0.2, 0.25) is 0 Å². The molecular weight excluding hydrogens is 261 g/mol. The van der Waals surface area contributed by atoms with Crippen LogP contribution in [0, 0.1) is 12.7 Å². The van der Waals surface area contributed by atoms with Crippen molar-refractivity contribution in [3.63, 3.8) is 0 Å². The first-order valence-electron chi connectivity index (χ1n) is 6.14. The number of carbonyl (C=O) groups excluding carboxylic acids is 1. The molecular formula is C15H16FNOS. The van der Waals surface area contributed by atoms with Crippen LogP contribution < -0.4 is 5.32 Å². The Morgan fingerprint density at radius 3 is 2.63 bits per heavy atom. The Morgan fingerprint density at radius 2 is 2.00 bits per heavy atom. The lowest BCUT2D eigenvalue weighted by Gasteiger charge is -2.05. The van der Waals surface area contributed by atoms with Crippen molar-refractivity contribution in [2.75, 3.05) is 0 Å². The van der Waals surface area contributed by atoms with E-state index >= 15 is 0 Å². The van der Waals surface area contributed by atoms with Gasteiger partial charge < -0.3 is 5.32 Å². The summed E-state index contributed by atoms with van der Waals surface area (Å²) in [5.74, 6) is -0.337. The number of amides is 1. The Labute approximate surface area is 116 Å². The Balaban J connectivity index is 2.28. The Hall–Kier alpha value is -1.68. The van der Waals surface area contributed by atoms with Crippen LogP contribution in [0.1, 0.15) is 29.1 Å². The summed E-state index contributed by atoms with van der Waals surface area (Å²) in [5, 5.41) is 2.84. The summed E-state index contributed by atoms with van der Waals surface area (Å²) < 4.78 is 13.4. The fourth-order valence-electron chi connectivity index (χ4n) is 1.83. The van der Waals surface area contributed by atoms with Crippen LogP contribution in [0.25, 0.3) is 10.4 Å². The summed E-state index contributed by atoms with van der Waals surface area (Å²) in [7, 11) is 0. The smallest absolute Gasteiger partial charge is 0.261 e. The van der Waals surface area contributed by atoms with E-state index in [1.165, 1.54) is 23.5 Å². The molecule has 19 heavy (non-hydrogen) atoms. The van der Waals surface area contributed by atoms with Gasteiger partial charge in [0.15, 0.2) is 0 Å². The lowest BCUT2D eigenvalue weighted by Crippen LogP contribution is -2.29. The number of rotatable bonds is 3. The standard InChI is InChI=1S/C15H16FNOS/c1-9(2)17-15(18)14-5-4-13(19-14)11-6-10(3)7-12(16)8-11/h4-9H,1-3H3,(H,17,18). The highest BCUT2D eigenvalue weighted by Crippen LogP contribution is 2.29. The first kappa shape index (κ1) is 13.7. The first-order chi connectivity index (χ1) is 8.95. The van der Waals surface area contributed by atoms with Gasteiger partial charge in [0.25, 0.3) is 5.91 Å². The minimum atomic E-state index is -0.253. The van der Waals surface area contributed by atoms with Crippen LogP contribution >= 0.6 is 11.3 Å². The number of thiophene rings is 1. The van der Waals surface area contributed by atoms with Crippen LogP contribution in [0.3, 0.4) is 0 Å². The normalized spacial score (nSPS) is 10.8. The summed E-state index contributed by atoms with van der Waals surface area (Å²) >= 11 is 1.37. The van der Waals surface area contributed by atoms with Gasteiger partial charge >= 0.3 is 0 Å². The molecule has 0 aliphatic rings. The summed E-state index contributed by atoms with van der Waals surface area (Å²) in [6, 6.07) is 8.63. The highest BCUT2D eigenvalue weighted by atomic mass is 32.1. The molecule has 0 saturated carbocycles. The molecule has 0 atom stereocenters. The maximum Gasteiger partial charge on any atom is 0.261 e. The van der Waals surface area contributed by atoms with E-state index in [1.807, 2.05) is 32.9 Å². The zero-order valence-corrected chi connectivity index (χ0v) is 12.0. The van der Waals surface area contributed by atoms with E-state index in [0.29, 0.717) is 4.88 Å². The molecule has 2 nitrogen and oxygen atoms in total. The van der Waals surface area contributed by atoms with Crippen LogP contribution in [0.2, 0.25) is 0 Å². The molecule has 0 radical (unpaired) electrons. The monoisotopic (exact) mass is 277 g/mol. The zero-order chi connectivity index (χ0) is 14.0. The first-order valence-corrected chi connectivity index (χ1v) is 6.95. The maximum absolute atomic E-state index is 13.4. The Bertz CT molecular complexity index is 584. The second-order valence-corrected chi connectivity index (χ2v) is 5.89. The molecule has 1 aromatic carbocycles. The van der Waals surface area contributed by atoms with Gasteiger partial charge in [-0.2, -0.15) is 0 Å². The van der Waals surface area contributed by atoms with E-state index in [4.69, 9.17) is 0 Å². The highest BCUT2D eigenvalue weighted by molar-refractivity contribution is 7.17. The van der Waals surface area contributed by atoms with Crippen LogP contribution in [-0.2, 0) is 0 Å². The number of benzene rings is 1. The highest BCUT2D eigenvalue weighted by Gasteiger charge is 2.11. The molecule has 100 valence electrons. The Morgan fingerprint density at radius 1 is 1.26 bits per heavy atom. The van der Waals surface area contributed by atoms with Crippen molar-refractivity contribution < 1.29 is 9.18 Å². The van der Waals surface area contributed by atoms with Crippen molar-refractivity contribution in [2.24, 2.45) is 0 Å². The van der Waals surface area contributed by atoms with Crippen molar-refractivity contribution in [2.45, 2.75) is 26.8 Å². The topological polar surface area (TPSA) is 29.1 Å². The van der Waals surface area contributed by atoms with Crippen molar-refractivity contribution in [3.8, 4) is 10.4 Å². The fourth-order valence-corrected chi connectivity index (χ4v) is 2.72. The van der Waals surface area contributed by atoms with E-state index in [1.54, 1.807) is 6.07 Å². The van der Waals surface area contributed by atoms with Crippen LogP contribution in [-0.4, -0.2) is 11.9 Å². The Kier molecular flexibility index (Phi) is 4.00. The lowest BCUT2D eigenvalue weighted by molar-refractivity contribution is 0.0947. The molecule has 0 fully saturated rings. The van der Waals surface area contributed by atoms with Crippen LogP contribution in [0.4, 0.5) is 4.39 Å². The minimum absolute atomic E-state index is 0.0839. The minimum Gasteiger partial charge on any atom is -0.349 e. The molecule has 1 N–H and O–H groups in total. The average molecular weight is 277 g/mol. The molecule has 0 unspecified atom stereocenters. The van der Waals surface area contributed by atoms with E-state index in [2.05, 4.69) is 5.32 Å². The maximum atomic E-state index is 13.4. The second-order valence-electron chi connectivity index (χ2n) is 4.81. The number of nitrogens with one attached hydrogen (secondary N) is 1. The van der Waals surface area contributed by atoms with Crippen molar-refractivity contribution in [1.82, 2.24) is 5.32 Å². The third-order valence-electron chi connectivity index (χ3n) is 2.58. The van der Waals surface area contributed by atoms with Crippen LogP contribution in [0.5, 0.6) is 0 Å². The number of hydrogen-bond donors (Lipinski definition) is 1. The quantitative estimate of drug-likeness (QED) is 0.902. The molecule has 1 amide bonds. The third-order valence-corrected chi connectivity index (χ3v) is 3.71. The molecule has 0 aliphatic carbocycles. The van der Waals surface area contributed by atoms with Gasteiger partial charge in [0.1, 0.15) is 5.82 Å². The molecule has 0 aliphatic heterocycles. The third kappa shape index (κ3) is 3.41. The number of halogens is 1. The predicted octanol–water partition coefficient (Wildman–Crippen LogP) is 4.00. The molecule has 4 heteroatoms. The van der Waals surface area contributed by atoms with Gasteiger partial charge in [-0.05, 0) is 56.2 Å². The molecule has 0 spiro atoms. The fraction of sp³-hybridized carbons (Fsp3) is 0.267. The van der Waals surface area contributed by atoms with Gasteiger partial charge in [-0.25, -0.2) is 4.39 Å². The van der Waals surface area contributed by atoms with Crippen molar-refractivity contribution in [1.29, 1.82) is 0 Å². The van der Waals surface area contributed by atoms with Gasteiger partial charge in [-0.3, -0.25) is 4.79 Å². The van der Waals surface area contributed by atoms with E-state index < -0.39 is 0 Å². The second kappa shape index (κ2) is 5.53. The van der Waals surface area contributed by atoms with E-state index in [0.717, 1.165) is 16.0 Å². The number of carbonyl (C=O) groups is 1. The molecule has 2 aromatic rings. The SMILES string of the molecule is Cc1cc(F)cc(-c2ccc(C(=O)NC(C)C)s2)c1. The van der Waals surface area contributed by atoms with Gasteiger partial charge in [-0.1, -0.05) is 6.07 Å². The molecule has 1 heterocycles. The summed E-state index contributed by atoms with van der Waals surface area (Å²) in [6.45, 7) is 5.69. The van der Waals surface area contributed by atoms with Crippen LogP contribution in [0.15, 0.2) is 30.3 Å². The van der Waals surface area contributed by atoms with Gasteiger partial charge in [0.05, 0.1) is 4.88 Å². The van der Waals surface area contributed by atoms with Crippen molar-refractivity contribution >= 4 is 17.2 Å². The molecule has 0 bridgehead atoms. The number of hydrogen-bond acceptors (Lipinski definition) is 2. The lowest BCUT2D eigenvalue weighted by atomic mass is 10.1. The van der Waals surface area contributed by atoms with Gasteiger partial charge in [-0.15, -0.1) is 11.3 Å². The van der Waals surface area contributed by atoms with Gasteiger partial charge in [0, 0.05) is 10.9 Å².